The third kappa shape index (κ3) is 3.17. The molecule has 110 valence electrons. The van der Waals surface area contributed by atoms with Gasteiger partial charge in [0.25, 0.3) is 5.69 Å². The minimum atomic E-state index is -0.421. The molecule has 0 spiro atoms. The number of nitrogens with two attached hydrogens (primary N) is 1. The van der Waals surface area contributed by atoms with Gasteiger partial charge in [-0.2, -0.15) is 0 Å². The lowest BCUT2D eigenvalue weighted by atomic mass is 9.90. The summed E-state index contributed by atoms with van der Waals surface area (Å²) >= 11 is 0. The molecule has 0 atom stereocenters. The Hall–Kier alpha value is -1.86. The fraction of sp³-hybridized carbons (Fsp3) is 0.538. The summed E-state index contributed by atoms with van der Waals surface area (Å²) in [6.07, 6.45) is 3.99. The van der Waals surface area contributed by atoms with Gasteiger partial charge in [0.15, 0.2) is 0 Å². The highest BCUT2D eigenvalue weighted by Crippen LogP contribution is 2.33. The molecule has 1 saturated carbocycles. The van der Waals surface area contributed by atoms with Crippen LogP contribution in [0.3, 0.4) is 0 Å². The van der Waals surface area contributed by atoms with Crippen LogP contribution in [0.1, 0.15) is 25.7 Å². The number of nitrogens with zero attached hydrogens (tertiary/aromatic N) is 2. The molecule has 0 amide bonds. The van der Waals surface area contributed by atoms with Crippen molar-refractivity contribution in [1.29, 1.82) is 0 Å². The van der Waals surface area contributed by atoms with Gasteiger partial charge in [0.1, 0.15) is 0 Å². The van der Waals surface area contributed by atoms with Crippen molar-refractivity contribution in [3.8, 4) is 0 Å². The summed E-state index contributed by atoms with van der Waals surface area (Å²) in [6.45, 7) is 0.798. The molecule has 1 aromatic rings. The predicted molar refractivity (Wildman–Crippen MR) is 77.6 cm³/mol. The Morgan fingerprint density at radius 2 is 2.20 bits per heavy atom. The van der Waals surface area contributed by atoms with Crippen molar-refractivity contribution < 1.29 is 10.0 Å². The van der Waals surface area contributed by atoms with Gasteiger partial charge in [-0.1, -0.05) is 0 Å². The molecule has 1 aliphatic carbocycles. The largest absolute Gasteiger partial charge is 0.396 e. The molecule has 7 heteroatoms. The molecule has 2 rings (SSSR count). The summed E-state index contributed by atoms with van der Waals surface area (Å²) in [7, 11) is 0. The van der Waals surface area contributed by atoms with Gasteiger partial charge in [-0.3, -0.25) is 16.0 Å². The highest BCUT2D eigenvalue weighted by atomic mass is 16.6. The van der Waals surface area contributed by atoms with Crippen molar-refractivity contribution in [2.75, 3.05) is 23.5 Å². The van der Waals surface area contributed by atoms with Crippen LogP contribution in [0.15, 0.2) is 18.2 Å². The van der Waals surface area contributed by atoms with Crippen LogP contribution in [-0.4, -0.2) is 29.2 Å². The second-order valence-electron chi connectivity index (χ2n) is 4.99. The quantitative estimate of drug-likeness (QED) is 0.398. The van der Waals surface area contributed by atoms with E-state index >= 15 is 0 Å². The highest BCUT2D eigenvalue weighted by molar-refractivity contribution is 5.64. The highest BCUT2D eigenvalue weighted by Gasteiger charge is 2.26. The smallest absolute Gasteiger partial charge is 0.273 e. The van der Waals surface area contributed by atoms with E-state index < -0.39 is 4.92 Å². The Morgan fingerprint density at radius 3 is 2.70 bits per heavy atom. The number of hydrogen-bond acceptors (Lipinski definition) is 6. The van der Waals surface area contributed by atoms with Gasteiger partial charge in [-0.05, 0) is 31.7 Å². The number of aliphatic hydroxyl groups is 1. The first kappa shape index (κ1) is 14.5. The Balaban J connectivity index is 2.30. The van der Waals surface area contributed by atoms with E-state index in [1.807, 2.05) is 6.07 Å². The van der Waals surface area contributed by atoms with Crippen molar-refractivity contribution in [2.24, 2.45) is 5.84 Å². The lowest BCUT2D eigenvalue weighted by Gasteiger charge is -2.39. The van der Waals surface area contributed by atoms with Crippen LogP contribution in [-0.2, 0) is 0 Å². The summed E-state index contributed by atoms with van der Waals surface area (Å²) in [5.41, 5.74) is 3.78. The molecule has 7 nitrogen and oxygen atoms in total. The van der Waals surface area contributed by atoms with Gasteiger partial charge in [0.2, 0.25) is 0 Å². The number of benzene rings is 1. The van der Waals surface area contributed by atoms with Gasteiger partial charge in [-0.15, -0.1) is 0 Å². The number of hydrogen-bond donors (Lipinski definition) is 3. The third-order valence-corrected chi connectivity index (χ3v) is 3.68. The average Bonchev–Trinajstić information content (AvgIpc) is 2.40. The minimum Gasteiger partial charge on any atom is -0.396 e. The predicted octanol–water partition coefficient (Wildman–Crippen LogP) is 1.62. The number of aliphatic hydroxyl groups excluding tert-OH is 1. The first-order valence-electron chi connectivity index (χ1n) is 6.79. The van der Waals surface area contributed by atoms with E-state index in [0.717, 1.165) is 18.5 Å². The van der Waals surface area contributed by atoms with Crippen LogP contribution < -0.4 is 16.2 Å². The molecule has 0 unspecified atom stereocenters. The van der Waals surface area contributed by atoms with E-state index in [1.54, 1.807) is 6.07 Å². The maximum absolute atomic E-state index is 11.0. The maximum Gasteiger partial charge on any atom is 0.273 e. The van der Waals surface area contributed by atoms with Crippen molar-refractivity contribution in [3.63, 3.8) is 0 Å². The number of nitrogens with one attached hydrogen (secondary N) is 1. The molecular weight excluding hydrogens is 260 g/mol. The zero-order chi connectivity index (χ0) is 14.5. The maximum atomic E-state index is 11.0. The molecule has 0 heterocycles. The van der Waals surface area contributed by atoms with E-state index in [2.05, 4.69) is 10.3 Å². The Kier molecular flexibility index (Phi) is 4.75. The standard InChI is InChI=1S/C13H20N4O3/c14-15-10-7-12(9-13(8-10)17(19)20)16(5-2-6-18)11-3-1-4-11/h7-9,11,15,18H,1-6,14H2. The fourth-order valence-electron chi connectivity index (χ4n) is 2.41. The molecule has 0 radical (unpaired) electrons. The van der Waals surface area contributed by atoms with Crippen molar-refractivity contribution in [1.82, 2.24) is 0 Å². The normalized spacial score (nSPS) is 14.7. The number of nitrogen functional groups attached to an aromatic ring is 1. The number of anilines is 2. The lowest BCUT2D eigenvalue weighted by Crippen LogP contribution is -2.41. The minimum absolute atomic E-state index is 0.0174. The van der Waals surface area contributed by atoms with E-state index in [9.17, 15) is 10.1 Å². The van der Waals surface area contributed by atoms with Crippen LogP contribution in [0.25, 0.3) is 0 Å². The second-order valence-corrected chi connectivity index (χ2v) is 4.99. The van der Waals surface area contributed by atoms with Crippen LogP contribution >= 0.6 is 0 Å². The van der Waals surface area contributed by atoms with Gasteiger partial charge in [0.05, 0.1) is 10.6 Å². The zero-order valence-electron chi connectivity index (χ0n) is 11.3. The van der Waals surface area contributed by atoms with Crippen molar-refractivity contribution >= 4 is 17.1 Å². The number of hydrazine groups is 1. The summed E-state index contributed by atoms with van der Waals surface area (Å²) in [6, 6.07) is 5.18. The van der Waals surface area contributed by atoms with Gasteiger partial charge < -0.3 is 15.4 Å². The Morgan fingerprint density at radius 1 is 1.45 bits per heavy atom. The SMILES string of the molecule is NNc1cc(N(CCCO)C2CCC2)cc([N+](=O)[O-])c1. The number of nitro groups is 1. The van der Waals surface area contributed by atoms with Crippen LogP contribution in [0, 0.1) is 10.1 Å². The summed E-state index contributed by atoms with van der Waals surface area (Å²) < 4.78 is 0. The van der Waals surface area contributed by atoms with Crippen LogP contribution in [0.4, 0.5) is 17.1 Å². The van der Waals surface area contributed by atoms with Crippen molar-refractivity contribution in [3.05, 3.63) is 28.3 Å². The molecule has 1 aromatic carbocycles. The van der Waals surface area contributed by atoms with Crippen LogP contribution in [0.2, 0.25) is 0 Å². The van der Waals surface area contributed by atoms with Crippen molar-refractivity contribution in [2.45, 2.75) is 31.7 Å². The Bertz CT molecular complexity index is 477. The molecule has 1 aliphatic rings. The van der Waals surface area contributed by atoms with Crippen LogP contribution in [0.5, 0.6) is 0 Å². The van der Waals surface area contributed by atoms with E-state index in [-0.39, 0.29) is 12.3 Å². The van der Waals surface area contributed by atoms with Gasteiger partial charge in [0, 0.05) is 37.0 Å². The summed E-state index contributed by atoms with van der Waals surface area (Å²) in [5.74, 6) is 5.38. The molecule has 0 saturated heterocycles. The number of non-ortho nitro benzene ring substituents is 1. The average molecular weight is 280 g/mol. The van der Waals surface area contributed by atoms with E-state index in [0.29, 0.717) is 24.7 Å². The second kappa shape index (κ2) is 6.53. The Labute approximate surface area is 117 Å². The fourth-order valence-corrected chi connectivity index (χ4v) is 2.41. The summed E-state index contributed by atoms with van der Waals surface area (Å²) in [5, 5.41) is 20.0. The molecule has 4 N–H and O–H groups in total. The first-order chi connectivity index (χ1) is 9.65. The lowest BCUT2D eigenvalue weighted by molar-refractivity contribution is -0.384. The van der Waals surface area contributed by atoms with E-state index in [1.165, 1.54) is 12.5 Å². The molecule has 0 bridgehead atoms. The first-order valence-corrected chi connectivity index (χ1v) is 6.79. The topological polar surface area (TPSA) is 105 Å². The van der Waals surface area contributed by atoms with E-state index in [4.69, 9.17) is 10.9 Å². The number of nitro benzene ring substituents is 1. The van der Waals surface area contributed by atoms with Gasteiger partial charge >= 0.3 is 0 Å². The molecular formula is C13H20N4O3. The zero-order valence-corrected chi connectivity index (χ0v) is 11.3. The number of rotatable bonds is 7. The molecule has 20 heavy (non-hydrogen) atoms. The molecule has 0 aliphatic heterocycles. The molecule has 1 fully saturated rings. The monoisotopic (exact) mass is 280 g/mol. The van der Waals surface area contributed by atoms with Gasteiger partial charge in [-0.25, -0.2) is 0 Å². The summed E-state index contributed by atoms with van der Waals surface area (Å²) in [4.78, 5) is 12.7. The third-order valence-electron chi connectivity index (χ3n) is 3.68. The molecule has 0 aromatic heterocycles.